The van der Waals surface area contributed by atoms with Crippen LogP contribution in [0, 0.1) is 0 Å². The van der Waals surface area contributed by atoms with Gasteiger partial charge in [0.05, 0.1) is 4.90 Å². The summed E-state index contributed by atoms with van der Waals surface area (Å²) in [5.41, 5.74) is 1.77. The fourth-order valence-corrected chi connectivity index (χ4v) is 2.30. The summed E-state index contributed by atoms with van der Waals surface area (Å²) in [6.45, 7) is 8.04. The second-order valence-electron chi connectivity index (χ2n) is 4.99. The fourth-order valence-electron chi connectivity index (χ4n) is 1.81. The summed E-state index contributed by atoms with van der Waals surface area (Å²) in [5.74, 6) is 0.0850. The monoisotopic (exact) mass is 333 g/mol. The summed E-state index contributed by atoms with van der Waals surface area (Å²) in [6, 6.07) is 12.8. The van der Waals surface area contributed by atoms with Gasteiger partial charge in [-0.3, -0.25) is 4.79 Å². The summed E-state index contributed by atoms with van der Waals surface area (Å²) in [6.07, 6.45) is 1.89. The third-order valence-electron chi connectivity index (χ3n) is 2.77. The van der Waals surface area contributed by atoms with Crippen LogP contribution in [0.25, 0.3) is 0 Å². The molecule has 1 heterocycles. The number of pyridine rings is 1. The maximum atomic E-state index is 11.2. The van der Waals surface area contributed by atoms with E-state index in [1.54, 1.807) is 13.0 Å². The molecule has 1 aromatic carbocycles. The Labute approximate surface area is 136 Å². The topological polar surface area (TPSA) is 78.1 Å². The quantitative estimate of drug-likeness (QED) is 0.372. The van der Waals surface area contributed by atoms with E-state index >= 15 is 0 Å². The molecule has 0 atom stereocenters. The van der Waals surface area contributed by atoms with Gasteiger partial charge in [0.25, 0.3) is 0 Å². The molecule has 0 fully saturated rings. The number of allylic oxidation sites excluding steroid dienone is 1. The van der Waals surface area contributed by atoms with E-state index in [1.165, 1.54) is 24.3 Å². The van der Waals surface area contributed by atoms with Crippen LogP contribution in [0.1, 0.15) is 24.3 Å². The Hall–Kier alpha value is -2.31. The van der Waals surface area contributed by atoms with Crippen LogP contribution in [0.15, 0.2) is 71.8 Å². The van der Waals surface area contributed by atoms with Crippen molar-refractivity contribution in [3.05, 3.63) is 72.6 Å². The maximum absolute atomic E-state index is 11.2. The lowest BCUT2D eigenvalue weighted by Gasteiger charge is -2.04. The Morgan fingerprint density at radius 1 is 1.09 bits per heavy atom. The third-order valence-corrected chi connectivity index (χ3v) is 3.62. The van der Waals surface area contributed by atoms with Crippen molar-refractivity contribution in [2.24, 2.45) is 0 Å². The van der Waals surface area contributed by atoms with Crippen molar-refractivity contribution in [1.29, 1.82) is 0 Å². The second kappa shape index (κ2) is 8.36. The molecule has 5 nitrogen and oxygen atoms in total. The van der Waals surface area contributed by atoms with Gasteiger partial charge in [-0.1, -0.05) is 24.8 Å². The molecule has 122 valence electrons. The number of Topliss-reactive ketones (excluding diaryl/α,β-unsaturated/α-hetero) is 1. The lowest BCUT2D eigenvalue weighted by molar-refractivity contribution is -0.690. The summed E-state index contributed by atoms with van der Waals surface area (Å²) in [5, 5.41) is 0. The van der Waals surface area contributed by atoms with Gasteiger partial charge < -0.3 is 4.55 Å². The van der Waals surface area contributed by atoms with Crippen LogP contribution in [-0.2, 0) is 16.7 Å². The number of benzene rings is 1. The van der Waals surface area contributed by atoms with Crippen LogP contribution in [-0.4, -0.2) is 18.8 Å². The van der Waals surface area contributed by atoms with Gasteiger partial charge in [-0.15, -0.1) is 0 Å². The minimum atomic E-state index is -4.25. The highest BCUT2D eigenvalue weighted by molar-refractivity contribution is 7.85. The lowest BCUT2D eigenvalue weighted by atomic mass is 10.2. The zero-order valence-electron chi connectivity index (χ0n) is 13.1. The Morgan fingerprint density at radius 3 is 2.09 bits per heavy atom. The minimum absolute atomic E-state index is 0.0850. The van der Waals surface area contributed by atoms with E-state index in [0.29, 0.717) is 6.54 Å². The SMILES string of the molecule is C=C(C)C[n+]1ccccc1C(C)=O.O=S(=O)([O-])c1ccccc1. The van der Waals surface area contributed by atoms with E-state index in [2.05, 4.69) is 6.58 Å². The predicted octanol–water partition coefficient (Wildman–Crippen LogP) is 2.34. The molecule has 0 aliphatic heterocycles. The first-order valence-electron chi connectivity index (χ1n) is 6.86. The Bertz CT molecular complexity index is 783. The summed E-state index contributed by atoms with van der Waals surface area (Å²) < 4.78 is 32.7. The van der Waals surface area contributed by atoms with Crippen LogP contribution < -0.4 is 4.57 Å². The average molecular weight is 333 g/mol. The molecule has 1 aromatic heterocycles. The predicted molar refractivity (Wildman–Crippen MR) is 85.9 cm³/mol. The average Bonchev–Trinajstić information content (AvgIpc) is 2.48. The molecule has 0 aliphatic rings. The van der Waals surface area contributed by atoms with Crippen molar-refractivity contribution in [3.8, 4) is 0 Å². The number of ketones is 1. The van der Waals surface area contributed by atoms with Crippen LogP contribution in [0.2, 0.25) is 0 Å². The fraction of sp³-hybridized carbons (Fsp3) is 0.176. The molecule has 0 unspecified atom stereocenters. The zero-order chi connectivity index (χ0) is 17.5. The molecule has 2 aromatic rings. The van der Waals surface area contributed by atoms with E-state index in [-0.39, 0.29) is 10.7 Å². The number of nitrogens with zero attached hydrogens (tertiary/aromatic N) is 1. The van der Waals surface area contributed by atoms with Crippen LogP contribution in [0.5, 0.6) is 0 Å². The van der Waals surface area contributed by atoms with Crippen LogP contribution in [0.4, 0.5) is 0 Å². The molecule has 2 rings (SSSR count). The van der Waals surface area contributed by atoms with E-state index in [0.717, 1.165) is 11.3 Å². The standard InChI is InChI=1S/C11H14NO.C6H6O3S/c1-9(2)8-12-7-5-4-6-11(12)10(3)13;7-10(8,9)6-4-2-1-3-5-6/h4-7H,1,8H2,2-3H3;1-5H,(H,7,8,9)/q+1;/p-1. The highest BCUT2D eigenvalue weighted by Crippen LogP contribution is 2.05. The number of rotatable bonds is 4. The van der Waals surface area contributed by atoms with Crippen molar-refractivity contribution in [2.75, 3.05) is 0 Å². The molecular formula is C17H19NO4S. The van der Waals surface area contributed by atoms with Gasteiger partial charge in [-0.25, -0.2) is 8.42 Å². The first-order chi connectivity index (χ1) is 10.7. The van der Waals surface area contributed by atoms with Crippen molar-refractivity contribution in [1.82, 2.24) is 0 Å². The molecule has 0 saturated carbocycles. The normalized spacial score (nSPS) is 10.4. The Kier molecular flexibility index (Phi) is 6.81. The molecule has 6 heteroatoms. The second-order valence-corrected chi connectivity index (χ2v) is 6.37. The summed E-state index contributed by atoms with van der Waals surface area (Å²) in [4.78, 5) is 11.0. The van der Waals surface area contributed by atoms with Gasteiger partial charge in [0.2, 0.25) is 11.5 Å². The lowest BCUT2D eigenvalue weighted by Crippen LogP contribution is -2.39. The van der Waals surface area contributed by atoms with Crippen LogP contribution >= 0.6 is 0 Å². The highest BCUT2D eigenvalue weighted by atomic mass is 32.2. The van der Waals surface area contributed by atoms with E-state index < -0.39 is 10.1 Å². The minimum Gasteiger partial charge on any atom is -0.744 e. The maximum Gasteiger partial charge on any atom is 0.248 e. The summed E-state index contributed by atoms with van der Waals surface area (Å²) in [7, 11) is -4.25. The molecule has 0 aliphatic carbocycles. The van der Waals surface area contributed by atoms with Crippen LogP contribution in [0.3, 0.4) is 0 Å². The molecular weight excluding hydrogens is 314 g/mol. The van der Waals surface area contributed by atoms with Crippen molar-refractivity contribution in [3.63, 3.8) is 0 Å². The highest BCUT2D eigenvalue weighted by Gasteiger charge is 2.13. The molecule has 0 bridgehead atoms. The van der Waals surface area contributed by atoms with E-state index in [1.807, 2.05) is 35.9 Å². The molecule has 0 N–H and O–H groups in total. The number of hydrogen-bond donors (Lipinski definition) is 0. The first kappa shape index (κ1) is 18.7. The third kappa shape index (κ3) is 6.54. The van der Waals surface area contributed by atoms with E-state index in [4.69, 9.17) is 0 Å². The van der Waals surface area contributed by atoms with Gasteiger partial charge in [0.15, 0.2) is 12.7 Å². The van der Waals surface area contributed by atoms with Crippen molar-refractivity contribution in [2.45, 2.75) is 25.3 Å². The molecule has 0 spiro atoms. The summed E-state index contributed by atoms with van der Waals surface area (Å²) >= 11 is 0. The largest absolute Gasteiger partial charge is 0.744 e. The number of aromatic nitrogens is 1. The number of hydrogen-bond acceptors (Lipinski definition) is 4. The van der Waals surface area contributed by atoms with Gasteiger partial charge in [0.1, 0.15) is 10.1 Å². The van der Waals surface area contributed by atoms with Crippen molar-refractivity contribution >= 4 is 15.9 Å². The van der Waals surface area contributed by atoms with Gasteiger partial charge in [-0.05, 0) is 30.7 Å². The molecule has 0 saturated heterocycles. The molecule has 23 heavy (non-hydrogen) atoms. The first-order valence-corrected chi connectivity index (χ1v) is 8.27. The Balaban J connectivity index is 0.000000238. The molecule has 0 amide bonds. The number of carbonyl (C=O) groups is 1. The number of carbonyl (C=O) groups excluding carboxylic acids is 1. The molecule has 0 radical (unpaired) electrons. The van der Waals surface area contributed by atoms with Gasteiger partial charge in [0, 0.05) is 19.1 Å². The van der Waals surface area contributed by atoms with E-state index in [9.17, 15) is 17.8 Å². The van der Waals surface area contributed by atoms with Gasteiger partial charge >= 0.3 is 0 Å². The van der Waals surface area contributed by atoms with Gasteiger partial charge in [-0.2, -0.15) is 4.57 Å². The van der Waals surface area contributed by atoms with Crippen molar-refractivity contribution < 1.29 is 22.3 Å². The zero-order valence-corrected chi connectivity index (χ0v) is 13.9. The Morgan fingerprint density at radius 2 is 1.65 bits per heavy atom. The smallest absolute Gasteiger partial charge is 0.248 e.